The second-order valence-electron chi connectivity index (χ2n) is 4.61. The molecule has 0 aliphatic carbocycles. The Morgan fingerprint density at radius 3 is 2.56 bits per heavy atom. The van der Waals surface area contributed by atoms with E-state index in [1.807, 2.05) is 18.2 Å². The second kappa shape index (κ2) is 5.12. The van der Waals surface area contributed by atoms with Crippen LogP contribution in [0.5, 0.6) is 0 Å². The highest BCUT2D eigenvalue weighted by Gasteiger charge is 2.15. The maximum atomic E-state index is 11.2. The fourth-order valence-electron chi connectivity index (χ4n) is 1.37. The summed E-state index contributed by atoms with van der Waals surface area (Å²) in [5.41, 5.74) is 6.95. The highest BCUT2D eigenvalue weighted by Crippen LogP contribution is 2.12. The van der Waals surface area contributed by atoms with E-state index in [1.165, 1.54) is 0 Å². The van der Waals surface area contributed by atoms with Crippen LogP contribution >= 0.6 is 0 Å². The summed E-state index contributed by atoms with van der Waals surface area (Å²) in [4.78, 5) is 11.2. The summed E-state index contributed by atoms with van der Waals surface area (Å²) in [5, 5.41) is 3.41. The number of hydrogen-bond donors (Lipinski definition) is 2. The van der Waals surface area contributed by atoms with E-state index in [4.69, 9.17) is 5.73 Å². The van der Waals surface area contributed by atoms with Crippen molar-refractivity contribution in [1.29, 1.82) is 0 Å². The van der Waals surface area contributed by atoms with Crippen molar-refractivity contribution in [2.75, 3.05) is 0 Å². The Labute approximate surface area is 97.0 Å². The first-order valence-corrected chi connectivity index (χ1v) is 5.59. The van der Waals surface area contributed by atoms with Crippen molar-refractivity contribution in [1.82, 2.24) is 5.32 Å². The third kappa shape index (κ3) is 3.35. The summed E-state index contributed by atoms with van der Waals surface area (Å²) in [5.74, 6) is -0.369. The molecule has 0 aliphatic heterocycles. The maximum Gasteiger partial charge on any atom is 0.249 e. The number of amides is 1. The van der Waals surface area contributed by atoms with Crippen LogP contribution in [0.2, 0.25) is 0 Å². The SMILES string of the molecule is CCC(C)(C)NCc1ccccc1C(N)=O. The molecule has 0 aromatic heterocycles. The van der Waals surface area contributed by atoms with Crippen molar-refractivity contribution in [2.24, 2.45) is 5.73 Å². The van der Waals surface area contributed by atoms with Gasteiger partial charge in [0.05, 0.1) is 0 Å². The number of nitrogens with one attached hydrogen (secondary N) is 1. The number of benzene rings is 1. The first-order valence-electron chi connectivity index (χ1n) is 5.59. The van der Waals surface area contributed by atoms with Gasteiger partial charge in [0, 0.05) is 17.6 Å². The van der Waals surface area contributed by atoms with Crippen LogP contribution in [0.1, 0.15) is 43.1 Å². The second-order valence-corrected chi connectivity index (χ2v) is 4.61. The van der Waals surface area contributed by atoms with Crippen molar-refractivity contribution < 1.29 is 4.79 Å². The zero-order valence-corrected chi connectivity index (χ0v) is 10.2. The Bertz CT molecular complexity index is 372. The van der Waals surface area contributed by atoms with Gasteiger partial charge in [0.2, 0.25) is 5.91 Å². The van der Waals surface area contributed by atoms with Gasteiger partial charge >= 0.3 is 0 Å². The molecule has 0 radical (unpaired) electrons. The quantitative estimate of drug-likeness (QED) is 0.798. The minimum Gasteiger partial charge on any atom is -0.366 e. The molecule has 0 bridgehead atoms. The fourth-order valence-corrected chi connectivity index (χ4v) is 1.37. The van der Waals surface area contributed by atoms with Gasteiger partial charge in [-0.2, -0.15) is 0 Å². The molecule has 1 aromatic rings. The topological polar surface area (TPSA) is 55.1 Å². The lowest BCUT2D eigenvalue weighted by atomic mass is 10.0. The lowest BCUT2D eigenvalue weighted by Gasteiger charge is -2.25. The molecule has 3 N–H and O–H groups in total. The average Bonchev–Trinajstić information content (AvgIpc) is 2.27. The van der Waals surface area contributed by atoms with Gasteiger partial charge in [-0.25, -0.2) is 0 Å². The van der Waals surface area contributed by atoms with Crippen LogP contribution in [-0.4, -0.2) is 11.4 Å². The number of hydrogen-bond acceptors (Lipinski definition) is 2. The predicted molar refractivity (Wildman–Crippen MR) is 66.2 cm³/mol. The molecule has 0 heterocycles. The number of carbonyl (C=O) groups excluding carboxylic acids is 1. The number of rotatable bonds is 5. The minimum atomic E-state index is -0.369. The Morgan fingerprint density at radius 1 is 1.38 bits per heavy atom. The van der Waals surface area contributed by atoms with E-state index in [0.717, 1.165) is 12.0 Å². The van der Waals surface area contributed by atoms with Crippen LogP contribution < -0.4 is 11.1 Å². The van der Waals surface area contributed by atoms with E-state index >= 15 is 0 Å². The summed E-state index contributed by atoms with van der Waals surface area (Å²) in [7, 11) is 0. The molecule has 0 saturated heterocycles. The third-order valence-electron chi connectivity index (χ3n) is 2.92. The van der Waals surface area contributed by atoms with Crippen LogP contribution in [0.15, 0.2) is 24.3 Å². The number of nitrogens with two attached hydrogens (primary N) is 1. The van der Waals surface area contributed by atoms with Gasteiger partial charge in [-0.15, -0.1) is 0 Å². The highest BCUT2D eigenvalue weighted by molar-refractivity contribution is 5.94. The molecule has 16 heavy (non-hydrogen) atoms. The molecule has 0 spiro atoms. The Balaban J connectivity index is 2.78. The maximum absolute atomic E-state index is 11.2. The van der Waals surface area contributed by atoms with Crippen LogP contribution in [0.3, 0.4) is 0 Å². The summed E-state index contributed by atoms with van der Waals surface area (Å²) >= 11 is 0. The van der Waals surface area contributed by atoms with Crippen LogP contribution in [-0.2, 0) is 6.54 Å². The van der Waals surface area contributed by atoms with Gasteiger partial charge in [0.15, 0.2) is 0 Å². The molecule has 0 saturated carbocycles. The third-order valence-corrected chi connectivity index (χ3v) is 2.92. The van der Waals surface area contributed by atoms with Crippen molar-refractivity contribution in [2.45, 2.75) is 39.3 Å². The molecule has 0 unspecified atom stereocenters. The molecule has 0 fully saturated rings. The van der Waals surface area contributed by atoms with E-state index < -0.39 is 0 Å². The van der Waals surface area contributed by atoms with Gasteiger partial charge in [-0.05, 0) is 31.9 Å². The lowest BCUT2D eigenvalue weighted by Crippen LogP contribution is -2.38. The summed E-state index contributed by atoms with van der Waals surface area (Å²) in [6, 6.07) is 7.44. The molecule has 0 atom stereocenters. The standard InChI is InChI=1S/C13H20N2O/c1-4-13(2,3)15-9-10-7-5-6-8-11(10)12(14)16/h5-8,15H,4,9H2,1-3H3,(H2,14,16). The van der Waals surface area contributed by atoms with Gasteiger partial charge < -0.3 is 11.1 Å². The first-order chi connectivity index (χ1) is 7.46. The van der Waals surface area contributed by atoms with Crippen molar-refractivity contribution in [3.63, 3.8) is 0 Å². The molecular weight excluding hydrogens is 200 g/mol. The Kier molecular flexibility index (Phi) is 4.07. The van der Waals surface area contributed by atoms with E-state index in [2.05, 4.69) is 26.1 Å². The molecule has 1 aromatic carbocycles. The van der Waals surface area contributed by atoms with E-state index in [-0.39, 0.29) is 11.4 Å². The minimum absolute atomic E-state index is 0.0742. The molecule has 3 nitrogen and oxygen atoms in total. The smallest absolute Gasteiger partial charge is 0.249 e. The van der Waals surface area contributed by atoms with E-state index in [1.54, 1.807) is 6.07 Å². The largest absolute Gasteiger partial charge is 0.366 e. The number of primary amides is 1. The first kappa shape index (κ1) is 12.7. The Morgan fingerprint density at radius 2 is 2.00 bits per heavy atom. The van der Waals surface area contributed by atoms with Crippen molar-refractivity contribution in [3.8, 4) is 0 Å². The molecule has 0 aliphatic rings. The monoisotopic (exact) mass is 220 g/mol. The van der Waals surface area contributed by atoms with E-state index in [0.29, 0.717) is 12.1 Å². The van der Waals surface area contributed by atoms with Crippen LogP contribution in [0.25, 0.3) is 0 Å². The molecular formula is C13H20N2O. The molecule has 1 amide bonds. The average molecular weight is 220 g/mol. The van der Waals surface area contributed by atoms with Crippen molar-refractivity contribution >= 4 is 5.91 Å². The van der Waals surface area contributed by atoms with Gasteiger partial charge in [-0.3, -0.25) is 4.79 Å². The highest BCUT2D eigenvalue weighted by atomic mass is 16.1. The zero-order chi connectivity index (χ0) is 12.2. The van der Waals surface area contributed by atoms with Crippen LogP contribution in [0.4, 0.5) is 0 Å². The lowest BCUT2D eigenvalue weighted by molar-refractivity contribution is 0.0999. The van der Waals surface area contributed by atoms with Crippen LogP contribution in [0, 0.1) is 0 Å². The predicted octanol–water partition coefficient (Wildman–Crippen LogP) is 2.06. The summed E-state index contributed by atoms with van der Waals surface area (Å²) < 4.78 is 0. The molecule has 3 heteroatoms. The molecule has 88 valence electrons. The fraction of sp³-hybridized carbons (Fsp3) is 0.462. The van der Waals surface area contributed by atoms with Gasteiger partial charge in [-0.1, -0.05) is 25.1 Å². The summed E-state index contributed by atoms with van der Waals surface area (Å²) in [6.07, 6.45) is 1.03. The normalized spacial score (nSPS) is 11.4. The van der Waals surface area contributed by atoms with E-state index in [9.17, 15) is 4.79 Å². The summed E-state index contributed by atoms with van der Waals surface area (Å²) in [6.45, 7) is 7.08. The Hall–Kier alpha value is -1.35. The van der Waals surface area contributed by atoms with Gasteiger partial charge in [0.1, 0.15) is 0 Å². The van der Waals surface area contributed by atoms with Gasteiger partial charge in [0.25, 0.3) is 0 Å². The molecule has 1 rings (SSSR count). The zero-order valence-electron chi connectivity index (χ0n) is 10.2. The number of carbonyl (C=O) groups is 1. The van der Waals surface area contributed by atoms with Crippen molar-refractivity contribution in [3.05, 3.63) is 35.4 Å².